The molecule has 3 aliphatic carbocycles. The molecule has 0 aromatic heterocycles. The van der Waals surface area contributed by atoms with Crippen molar-refractivity contribution < 1.29 is 9.47 Å². The standard InChI is InChI=1S/C11H11ClO2/c12-5-1-3-4-2-6-7-8(10(3)13-6)11(5)14-9(4)7/h1,3-4,6-11H,2H2. The fraction of sp³-hybridized carbons (Fsp3) is 0.818. The summed E-state index contributed by atoms with van der Waals surface area (Å²) in [6, 6.07) is 0. The predicted molar refractivity (Wildman–Crippen MR) is 49.8 cm³/mol. The normalized spacial score (nSPS) is 70.8. The summed E-state index contributed by atoms with van der Waals surface area (Å²) in [5, 5.41) is 0.956. The van der Waals surface area contributed by atoms with E-state index in [1.807, 2.05) is 0 Å². The van der Waals surface area contributed by atoms with Crippen molar-refractivity contribution in [3.05, 3.63) is 11.1 Å². The van der Waals surface area contributed by atoms with Gasteiger partial charge >= 0.3 is 0 Å². The van der Waals surface area contributed by atoms with Crippen molar-refractivity contribution >= 4 is 11.6 Å². The largest absolute Gasteiger partial charge is 0.374 e. The van der Waals surface area contributed by atoms with Crippen LogP contribution < -0.4 is 0 Å². The number of hydrogen-bond acceptors (Lipinski definition) is 2. The fourth-order valence-corrected chi connectivity index (χ4v) is 5.06. The minimum Gasteiger partial charge on any atom is -0.374 e. The van der Waals surface area contributed by atoms with Crippen LogP contribution >= 0.6 is 11.6 Å². The summed E-state index contributed by atoms with van der Waals surface area (Å²) < 4.78 is 12.2. The molecule has 0 aromatic rings. The highest BCUT2D eigenvalue weighted by Crippen LogP contribution is 2.66. The Bertz CT molecular complexity index is 358. The van der Waals surface area contributed by atoms with Crippen LogP contribution in [0.25, 0.3) is 0 Å². The maximum atomic E-state index is 6.26. The second-order valence-corrected chi connectivity index (χ2v) is 5.78. The zero-order valence-corrected chi connectivity index (χ0v) is 8.35. The highest BCUT2D eigenvalue weighted by atomic mass is 35.5. The molecule has 8 atom stereocenters. The molecule has 0 radical (unpaired) electrons. The lowest BCUT2D eigenvalue weighted by molar-refractivity contribution is -0.0440. The Labute approximate surface area is 87.2 Å². The molecular weight excluding hydrogens is 200 g/mol. The third-order valence-corrected chi connectivity index (χ3v) is 5.38. The SMILES string of the molecule is ClC1=CC2C3CC4OC2C2C1OC3C42. The van der Waals surface area contributed by atoms with Crippen LogP contribution in [0.2, 0.25) is 0 Å². The van der Waals surface area contributed by atoms with Gasteiger partial charge in [0.1, 0.15) is 0 Å². The lowest BCUT2D eigenvalue weighted by atomic mass is 9.68. The average Bonchev–Trinajstić information content (AvgIpc) is 2.73. The van der Waals surface area contributed by atoms with Crippen LogP contribution in [-0.4, -0.2) is 24.4 Å². The summed E-state index contributed by atoms with van der Waals surface area (Å²) in [5.74, 6) is 2.53. The van der Waals surface area contributed by atoms with E-state index in [4.69, 9.17) is 21.1 Å². The van der Waals surface area contributed by atoms with E-state index < -0.39 is 0 Å². The molecule has 0 amide bonds. The van der Waals surface area contributed by atoms with Crippen molar-refractivity contribution in [2.24, 2.45) is 23.7 Å². The topological polar surface area (TPSA) is 18.5 Å². The molecule has 2 saturated heterocycles. The fourth-order valence-electron chi connectivity index (χ4n) is 4.72. The van der Waals surface area contributed by atoms with Gasteiger partial charge in [0, 0.05) is 22.8 Å². The quantitative estimate of drug-likeness (QED) is 0.604. The van der Waals surface area contributed by atoms with E-state index in [1.165, 1.54) is 6.42 Å². The molecule has 2 nitrogen and oxygen atoms in total. The average molecular weight is 211 g/mol. The molecule has 14 heavy (non-hydrogen) atoms. The maximum Gasteiger partial charge on any atom is 0.0988 e. The van der Waals surface area contributed by atoms with Crippen LogP contribution in [-0.2, 0) is 9.47 Å². The van der Waals surface area contributed by atoms with Gasteiger partial charge in [-0.15, -0.1) is 0 Å². The van der Waals surface area contributed by atoms with Crippen LogP contribution in [0.5, 0.6) is 0 Å². The Morgan fingerprint density at radius 3 is 3.07 bits per heavy atom. The second-order valence-electron chi connectivity index (χ2n) is 5.34. The van der Waals surface area contributed by atoms with E-state index in [-0.39, 0.29) is 6.10 Å². The van der Waals surface area contributed by atoms with Gasteiger partial charge in [-0.1, -0.05) is 17.7 Å². The summed E-state index contributed by atoms with van der Waals surface area (Å²) >= 11 is 6.26. The molecule has 6 bridgehead atoms. The molecule has 2 heterocycles. The zero-order chi connectivity index (χ0) is 9.02. The van der Waals surface area contributed by atoms with Crippen LogP contribution in [0.15, 0.2) is 11.1 Å². The Kier molecular flexibility index (Phi) is 1.00. The first-order valence-corrected chi connectivity index (χ1v) is 5.90. The number of rotatable bonds is 0. The molecule has 5 rings (SSSR count). The Morgan fingerprint density at radius 1 is 1.21 bits per heavy atom. The highest BCUT2D eigenvalue weighted by molar-refractivity contribution is 6.30. The van der Waals surface area contributed by atoms with Crippen molar-refractivity contribution in [3.63, 3.8) is 0 Å². The van der Waals surface area contributed by atoms with Gasteiger partial charge in [0.2, 0.25) is 0 Å². The summed E-state index contributed by atoms with van der Waals surface area (Å²) in [5.41, 5.74) is 0. The third-order valence-electron chi connectivity index (χ3n) is 5.04. The van der Waals surface area contributed by atoms with Crippen LogP contribution in [0.1, 0.15) is 6.42 Å². The molecule has 2 saturated carbocycles. The van der Waals surface area contributed by atoms with Crippen molar-refractivity contribution in [2.45, 2.75) is 30.8 Å². The van der Waals surface area contributed by atoms with Gasteiger partial charge in [0.25, 0.3) is 0 Å². The minimum absolute atomic E-state index is 0.184. The maximum absolute atomic E-state index is 6.26. The van der Waals surface area contributed by atoms with E-state index in [2.05, 4.69) is 6.08 Å². The first kappa shape index (κ1) is 7.26. The van der Waals surface area contributed by atoms with Crippen molar-refractivity contribution in [2.75, 3.05) is 0 Å². The molecule has 2 aliphatic heterocycles. The smallest absolute Gasteiger partial charge is 0.0988 e. The molecule has 0 spiro atoms. The predicted octanol–water partition coefficient (Wildman–Crippen LogP) is 1.54. The van der Waals surface area contributed by atoms with Crippen molar-refractivity contribution in [3.8, 4) is 0 Å². The molecule has 8 unspecified atom stereocenters. The Balaban J connectivity index is 1.83. The minimum atomic E-state index is 0.184. The van der Waals surface area contributed by atoms with Gasteiger partial charge in [0.05, 0.1) is 24.4 Å². The van der Waals surface area contributed by atoms with Crippen LogP contribution in [0.3, 0.4) is 0 Å². The van der Waals surface area contributed by atoms with E-state index >= 15 is 0 Å². The van der Waals surface area contributed by atoms with E-state index in [0.717, 1.165) is 5.03 Å². The van der Waals surface area contributed by atoms with Gasteiger partial charge in [-0.05, 0) is 12.3 Å². The third kappa shape index (κ3) is 0.531. The van der Waals surface area contributed by atoms with Gasteiger partial charge < -0.3 is 9.47 Å². The second kappa shape index (κ2) is 1.93. The molecule has 74 valence electrons. The Morgan fingerprint density at radius 2 is 2.14 bits per heavy atom. The zero-order valence-electron chi connectivity index (χ0n) is 7.60. The summed E-state index contributed by atoms with van der Waals surface area (Å²) in [6.45, 7) is 0. The molecular formula is C11H11ClO2. The first-order chi connectivity index (χ1) is 6.84. The molecule has 5 aliphatic rings. The molecule has 3 heteroatoms. The molecule has 4 fully saturated rings. The van der Waals surface area contributed by atoms with E-state index in [9.17, 15) is 0 Å². The lowest BCUT2D eigenvalue weighted by Crippen LogP contribution is -2.44. The van der Waals surface area contributed by atoms with Crippen LogP contribution in [0.4, 0.5) is 0 Å². The van der Waals surface area contributed by atoms with Gasteiger partial charge in [0.15, 0.2) is 0 Å². The number of fused-ring (bicyclic) bond motifs is 1. The number of hydrogen-bond donors (Lipinski definition) is 0. The molecule has 0 N–H and O–H groups in total. The van der Waals surface area contributed by atoms with E-state index in [1.54, 1.807) is 0 Å². The van der Waals surface area contributed by atoms with Crippen molar-refractivity contribution in [1.29, 1.82) is 0 Å². The number of halogens is 1. The monoisotopic (exact) mass is 210 g/mol. The van der Waals surface area contributed by atoms with Crippen LogP contribution in [0, 0.1) is 23.7 Å². The summed E-state index contributed by atoms with van der Waals surface area (Å²) in [4.78, 5) is 0. The highest BCUT2D eigenvalue weighted by Gasteiger charge is 2.72. The lowest BCUT2D eigenvalue weighted by Gasteiger charge is -2.38. The summed E-state index contributed by atoms with van der Waals surface area (Å²) in [7, 11) is 0. The Hall–Kier alpha value is -0.0500. The molecule has 0 aromatic carbocycles. The number of ether oxygens (including phenoxy) is 2. The van der Waals surface area contributed by atoms with Crippen molar-refractivity contribution in [1.82, 2.24) is 0 Å². The van der Waals surface area contributed by atoms with E-state index in [0.29, 0.717) is 42.0 Å². The summed E-state index contributed by atoms with van der Waals surface area (Å²) in [6.07, 6.45) is 5.01. The van der Waals surface area contributed by atoms with Gasteiger partial charge in [-0.25, -0.2) is 0 Å². The van der Waals surface area contributed by atoms with Gasteiger partial charge in [-0.2, -0.15) is 0 Å². The first-order valence-electron chi connectivity index (χ1n) is 5.53. The van der Waals surface area contributed by atoms with Gasteiger partial charge in [-0.3, -0.25) is 0 Å².